The van der Waals surface area contributed by atoms with Crippen LogP contribution in [0, 0.1) is 12.3 Å². The molecule has 1 aromatic carbocycles. The molecule has 0 unspecified atom stereocenters. The van der Waals surface area contributed by atoms with Gasteiger partial charge in [0.1, 0.15) is 0 Å². The fraction of sp³-hybridized carbons (Fsp3) is 0.100. The summed E-state index contributed by atoms with van der Waals surface area (Å²) in [5.74, 6) is 0.0000206. The molecular weight excluding hydrogens is 230 g/mol. The minimum Gasteiger partial charge on any atom is -0.480 e. The number of terminal acetylenes is 1. The number of carbonyl (C=O) groups is 1. The van der Waals surface area contributed by atoms with Gasteiger partial charge in [0.25, 0.3) is 0 Å². The van der Waals surface area contributed by atoms with Gasteiger partial charge in [-0.2, -0.15) is 0 Å². The summed E-state index contributed by atoms with van der Waals surface area (Å²) in [7, 11) is -3.85. The molecule has 0 fully saturated rings. The predicted octanol–water partition coefficient (Wildman–Crippen LogP) is 0.494. The summed E-state index contributed by atoms with van der Waals surface area (Å²) >= 11 is 0. The topological polar surface area (TPSA) is 83.5 Å². The maximum absolute atomic E-state index is 11.2. The summed E-state index contributed by atoms with van der Waals surface area (Å²) in [6, 6.07) is 6.04. The lowest BCUT2D eigenvalue weighted by Crippen LogP contribution is -2.22. The number of aliphatic carboxylic acids is 1. The van der Waals surface area contributed by atoms with Gasteiger partial charge in [0.05, 0.1) is 0 Å². The molecule has 0 bridgehead atoms. The van der Waals surface area contributed by atoms with Crippen molar-refractivity contribution in [1.82, 2.24) is 0 Å². The Morgan fingerprint density at radius 2 is 1.94 bits per heavy atom. The molecule has 0 saturated carbocycles. The number of rotatable bonds is 4. The molecule has 0 saturated heterocycles. The van der Waals surface area contributed by atoms with Gasteiger partial charge >= 0.3 is 5.97 Å². The Hall–Kier alpha value is -2.00. The summed E-state index contributed by atoms with van der Waals surface area (Å²) in [6.07, 6.45) is 5.13. The van der Waals surface area contributed by atoms with Gasteiger partial charge in [-0.15, -0.1) is 6.42 Å². The second kappa shape index (κ2) is 4.68. The lowest BCUT2D eigenvalue weighted by molar-refractivity contribution is -0.134. The van der Waals surface area contributed by atoms with Crippen LogP contribution in [0.3, 0.4) is 0 Å². The number of carboxylic acid groups (broad SMARTS) is 1. The van der Waals surface area contributed by atoms with Gasteiger partial charge in [-0.3, -0.25) is 9.52 Å². The summed E-state index contributed by atoms with van der Waals surface area (Å²) < 4.78 is 24.6. The predicted molar refractivity (Wildman–Crippen MR) is 59.4 cm³/mol. The van der Waals surface area contributed by atoms with E-state index >= 15 is 0 Å². The smallest absolute Gasteiger partial charge is 0.320 e. The first kappa shape index (κ1) is 12.1. The third kappa shape index (κ3) is 3.63. The molecule has 1 aromatic rings. The number of anilines is 1. The van der Waals surface area contributed by atoms with Gasteiger partial charge in [0.2, 0.25) is 10.0 Å². The normalized spacial score (nSPS) is 10.4. The molecule has 2 N–H and O–H groups in total. The molecule has 5 nitrogen and oxygen atoms in total. The van der Waals surface area contributed by atoms with E-state index in [4.69, 9.17) is 11.5 Å². The lowest BCUT2D eigenvalue weighted by atomic mass is 10.2. The van der Waals surface area contributed by atoms with E-state index in [0.29, 0.717) is 5.56 Å². The van der Waals surface area contributed by atoms with E-state index in [9.17, 15) is 13.2 Å². The SMILES string of the molecule is C#Cc1ccc(NS(=O)(=O)CC(=O)O)cc1. The Morgan fingerprint density at radius 1 is 1.38 bits per heavy atom. The first-order chi connectivity index (χ1) is 7.43. The van der Waals surface area contributed by atoms with Gasteiger partial charge in [0.15, 0.2) is 5.75 Å². The molecule has 0 atom stereocenters. The van der Waals surface area contributed by atoms with E-state index in [2.05, 4.69) is 10.6 Å². The zero-order valence-electron chi connectivity index (χ0n) is 8.17. The van der Waals surface area contributed by atoms with Gasteiger partial charge in [0, 0.05) is 11.3 Å². The Bertz CT molecular complexity index is 525. The van der Waals surface area contributed by atoms with E-state index in [1.165, 1.54) is 12.1 Å². The average Bonchev–Trinajstić information content (AvgIpc) is 2.16. The van der Waals surface area contributed by atoms with Crippen molar-refractivity contribution >= 4 is 21.7 Å². The monoisotopic (exact) mass is 239 g/mol. The van der Waals surface area contributed by atoms with Crippen molar-refractivity contribution in [3.05, 3.63) is 29.8 Å². The zero-order chi connectivity index (χ0) is 12.2. The third-order valence-corrected chi connectivity index (χ3v) is 2.81. The molecule has 0 radical (unpaired) electrons. The molecule has 0 amide bonds. The van der Waals surface area contributed by atoms with Gasteiger partial charge < -0.3 is 5.11 Å². The summed E-state index contributed by atoms with van der Waals surface area (Å²) in [6.45, 7) is 0. The Morgan fingerprint density at radius 3 is 2.38 bits per heavy atom. The molecule has 16 heavy (non-hydrogen) atoms. The van der Waals surface area contributed by atoms with Crippen LogP contribution in [0.2, 0.25) is 0 Å². The second-order valence-corrected chi connectivity index (χ2v) is 4.70. The molecule has 6 heteroatoms. The fourth-order valence-corrected chi connectivity index (χ4v) is 1.91. The maximum atomic E-state index is 11.2. The standard InChI is InChI=1S/C10H9NO4S/c1-2-8-3-5-9(6-4-8)11-16(14,15)7-10(12)13/h1,3-6,11H,7H2,(H,12,13). The van der Waals surface area contributed by atoms with Crippen LogP contribution in [0.1, 0.15) is 5.56 Å². The van der Waals surface area contributed by atoms with Crippen molar-refractivity contribution in [1.29, 1.82) is 0 Å². The lowest BCUT2D eigenvalue weighted by Gasteiger charge is -2.05. The van der Waals surface area contributed by atoms with Gasteiger partial charge in [-0.1, -0.05) is 5.92 Å². The van der Waals surface area contributed by atoms with Crippen molar-refractivity contribution in [3.63, 3.8) is 0 Å². The summed E-state index contributed by atoms with van der Waals surface area (Å²) in [5, 5.41) is 8.36. The van der Waals surface area contributed by atoms with Crippen LogP contribution in [0.5, 0.6) is 0 Å². The largest absolute Gasteiger partial charge is 0.480 e. The number of hydrogen-bond donors (Lipinski definition) is 2. The molecule has 0 aliphatic heterocycles. The highest BCUT2D eigenvalue weighted by atomic mass is 32.2. The van der Waals surface area contributed by atoms with Crippen LogP contribution in [0.4, 0.5) is 5.69 Å². The molecule has 0 aliphatic carbocycles. The highest BCUT2D eigenvalue weighted by Gasteiger charge is 2.15. The van der Waals surface area contributed by atoms with Gasteiger partial charge in [-0.05, 0) is 24.3 Å². The molecular formula is C10H9NO4S. The van der Waals surface area contributed by atoms with Crippen LogP contribution in [-0.4, -0.2) is 25.2 Å². The summed E-state index contributed by atoms with van der Waals surface area (Å²) in [4.78, 5) is 10.3. The van der Waals surface area contributed by atoms with E-state index in [-0.39, 0.29) is 5.69 Å². The Kier molecular flexibility index (Phi) is 3.53. The van der Waals surface area contributed by atoms with Gasteiger partial charge in [-0.25, -0.2) is 8.42 Å². The first-order valence-electron chi connectivity index (χ1n) is 4.22. The van der Waals surface area contributed by atoms with Crippen LogP contribution in [0.15, 0.2) is 24.3 Å². The average molecular weight is 239 g/mol. The Labute approximate surface area is 93.2 Å². The molecule has 0 aliphatic rings. The first-order valence-corrected chi connectivity index (χ1v) is 5.87. The van der Waals surface area contributed by atoms with E-state index < -0.39 is 21.7 Å². The minimum atomic E-state index is -3.85. The van der Waals surface area contributed by atoms with Crippen LogP contribution >= 0.6 is 0 Å². The number of carboxylic acids is 1. The third-order valence-electron chi connectivity index (χ3n) is 1.64. The number of sulfonamides is 1. The van der Waals surface area contributed by atoms with Crippen LogP contribution < -0.4 is 4.72 Å². The molecule has 0 spiro atoms. The molecule has 84 valence electrons. The van der Waals surface area contributed by atoms with E-state index in [1.807, 2.05) is 0 Å². The number of hydrogen-bond acceptors (Lipinski definition) is 3. The molecule has 0 heterocycles. The second-order valence-electron chi connectivity index (χ2n) is 2.98. The van der Waals surface area contributed by atoms with Crippen molar-refractivity contribution in [2.75, 3.05) is 10.5 Å². The quantitative estimate of drug-likeness (QED) is 0.749. The molecule has 1 rings (SSSR count). The van der Waals surface area contributed by atoms with Crippen molar-refractivity contribution < 1.29 is 18.3 Å². The zero-order valence-corrected chi connectivity index (χ0v) is 8.99. The van der Waals surface area contributed by atoms with Crippen LogP contribution in [-0.2, 0) is 14.8 Å². The highest BCUT2D eigenvalue weighted by molar-refractivity contribution is 7.93. The highest BCUT2D eigenvalue weighted by Crippen LogP contribution is 2.10. The number of nitrogens with one attached hydrogen (secondary N) is 1. The number of benzene rings is 1. The minimum absolute atomic E-state index is 0.278. The maximum Gasteiger partial charge on any atom is 0.320 e. The van der Waals surface area contributed by atoms with Crippen molar-refractivity contribution in [3.8, 4) is 12.3 Å². The van der Waals surface area contributed by atoms with E-state index in [0.717, 1.165) is 0 Å². The van der Waals surface area contributed by atoms with Crippen LogP contribution in [0.25, 0.3) is 0 Å². The summed E-state index contributed by atoms with van der Waals surface area (Å²) in [5.41, 5.74) is 0.890. The van der Waals surface area contributed by atoms with E-state index in [1.54, 1.807) is 12.1 Å². The van der Waals surface area contributed by atoms with Crippen molar-refractivity contribution in [2.45, 2.75) is 0 Å². The Balaban J connectivity index is 2.81. The molecule has 0 aromatic heterocycles. The van der Waals surface area contributed by atoms with Crippen molar-refractivity contribution in [2.24, 2.45) is 0 Å². The fourth-order valence-electron chi connectivity index (χ4n) is 1.01.